The van der Waals surface area contributed by atoms with E-state index in [4.69, 9.17) is 4.84 Å². The van der Waals surface area contributed by atoms with Crippen LogP contribution in [0.3, 0.4) is 0 Å². The lowest BCUT2D eigenvalue weighted by Crippen LogP contribution is -2.26. The van der Waals surface area contributed by atoms with Crippen LogP contribution in [-0.4, -0.2) is 30.4 Å². The van der Waals surface area contributed by atoms with E-state index in [9.17, 15) is 0 Å². The molecule has 0 aliphatic carbocycles. The van der Waals surface area contributed by atoms with Crippen LogP contribution in [0.25, 0.3) is 0 Å². The van der Waals surface area contributed by atoms with Gasteiger partial charge in [-0.05, 0) is 12.8 Å². The number of nitrogens with zero attached hydrogens (tertiary/aromatic N) is 2. The van der Waals surface area contributed by atoms with Crippen LogP contribution in [0, 0.1) is 0 Å². The molecule has 56 valence electrons. The van der Waals surface area contributed by atoms with Crippen molar-refractivity contribution in [3.05, 3.63) is 0 Å². The van der Waals surface area contributed by atoms with Gasteiger partial charge in [0, 0.05) is 19.5 Å². The summed E-state index contributed by atoms with van der Waals surface area (Å²) in [6.45, 7) is 3.15. The molecular formula is C7H12N2O. The molecule has 0 aromatic carbocycles. The van der Waals surface area contributed by atoms with Gasteiger partial charge in [0.25, 0.3) is 0 Å². The van der Waals surface area contributed by atoms with Gasteiger partial charge in [-0.3, -0.25) is 0 Å². The second-order valence-corrected chi connectivity index (χ2v) is 2.78. The van der Waals surface area contributed by atoms with Crippen molar-refractivity contribution in [2.24, 2.45) is 5.16 Å². The fraction of sp³-hybridized carbons (Fsp3) is 0.857. The molecule has 2 aliphatic heterocycles. The molecular weight excluding hydrogens is 128 g/mol. The number of oxime groups is 1. The first kappa shape index (κ1) is 6.01. The molecule has 2 heterocycles. The van der Waals surface area contributed by atoms with Gasteiger partial charge in [0.05, 0.1) is 0 Å². The normalized spacial score (nSPS) is 24.8. The summed E-state index contributed by atoms with van der Waals surface area (Å²) in [6, 6.07) is 0. The molecule has 0 unspecified atom stereocenters. The average Bonchev–Trinajstić information content (AvgIpc) is 2.59. The molecule has 2 rings (SSSR count). The van der Waals surface area contributed by atoms with Crippen molar-refractivity contribution in [2.45, 2.75) is 19.3 Å². The van der Waals surface area contributed by atoms with Gasteiger partial charge in [0.2, 0.25) is 0 Å². The zero-order valence-electron chi connectivity index (χ0n) is 6.05. The van der Waals surface area contributed by atoms with Crippen molar-refractivity contribution in [2.75, 3.05) is 19.7 Å². The zero-order chi connectivity index (χ0) is 6.81. The van der Waals surface area contributed by atoms with Gasteiger partial charge in [-0.15, -0.1) is 0 Å². The highest BCUT2D eigenvalue weighted by molar-refractivity contribution is 5.82. The summed E-state index contributed by atoms with van der Waals surface area (Å²) in [7, 11) is 0. The summed E-state index contributed by atoms with van der Waals surface area (Å²) in [5.74, 6) is 1.16. The molecule has 10 heavy (non-hydrogen) atoms. The molecule has 0 N–H and O–H groups in total. The van der Waals surface area contributed by atoms with E-state index in [2.05, 4.69) is 10.1 Å². The van der Waals surface area contributed by atoms with Crippen LogP contribution in [0.5, 0.6) is 0 Å². The van der Waals surface area contributed by atoms with Crippen LogP contribution >= 0.6 is 0 Å². The second-order valence-electron chi connectivity index (χ2n) is 2.78. The quantitative estimate of drug-likeness (QED) is 0.497. The first-order valence-corrected chi connectivity index (χ1v) is 3.90. The summed E-state index contributed by atoms with van der Waals surface area (Å²) in [5, 5.41) is 3.96. The number of likely N-dealkylation sites (tertiary alicyclic amines) is 1. The van der Waals surface area contributed by atoms with Crippen molar-refractivity contribution in [3.8, 4) is 0 Å². The van der Waals surface area contributed by atoms with Gasteiger partial charge in [-0.2, -0.15) is 0 Å². The smallest absolute Gasteiger partial charge is 0.148 e. The molecule has 0 radical (unpaired) electrons. The van der Waals surface area contributed by atoms with Gasteiger partial charge in [-0.25, -0.2) is 0 Å². The molecule has 0 spiro atoms. The summed E-state index contributed by atoms with van der Waals surface area (Å²) < 4.78 is 0. The minimum Gasteiger partial charge on any atom is -0.394 e. The molecule has 0 amide bonds. The lowest BCUT2D eigenvalue weighted by atomic mass is 10.4. The van der Waals surface area contributed by atoms with E-state index in [0.717, 1.165) is 18.9 Å². The zero-order valence-corrected chi connectivity index (χ0v) is 6.05. The third-order valence-corrected chi connectivity index (χ3v) is 2.06. The summed E-state index contributed by atoms with van der Waals surface area (Å²) >= 11 is 0. The maximum atomic E-state index is 4.92. The summed E-state index contributed by atoms with van der Waals surface area (Å²) in [4.78, 5) is 7.24. The molecule has 1 fully saturated rings. The Morgan fingerprint density at radius 1 is 1.30 bits per heavy atom. The Bertz CT molecular complexity index is 150. The SMILES string of the molecule is C1CCN(C2=NOCC2)C1. The predicted octanol–water partition coefficient (Wildman–Crippen LogP) is 0.816. The fourth-order valence-electron chi connectivity index (χ4n) is 1.49. The van der Waals surface area contributed by atoms with Crippen LogP contribution in [0.4, 0.5) is 0 Å². The van der Waals surface area contributed by atoms with Crippen molar-refractivity contribution < 1.29 is 4.84 Å². The molecule has 0 aromatic rings. The van der Waals surface area contributed by atoms with Crippen LogP contribution in [0.15, 0.2) is 5.16 Å². The Kier molecular flexibility index (Phi) is 1.49. The number of rotatable bonds is 0. The van der Waals surface area contributed by atoms with Gasteiger partial charge >= 0.3 is 0 Å². The summed E-state index contributed by atoms with van der Waals surface area (Å²) in [6.07, 6.45) is 3.65. The van der Waals surface area contributed by atoms with Crippen LogP contribution in [-0.2, 0) is 4.84 Å². The Labute approximate surface area is 60.6 Å². The Balaban J connectivity index is 1.97. The van der Waals surface area contributed by atoms with E-state index in [0.29, 0.717) is 0 Å². The van der Waals surface area contributed by atoms with Crippen molar-refractivity contribution >= 4 is 5.84 Å². The minimum atomic E-state index is 0.784. The summed E-state index contributed by atoms with van der Waals surface area (Å²) in [5.41, 5.74) is 0. The van der Waals surface area contributed by atoms with E-state index in [1.807, 2.05) is 0 Å². The first-order chi connectivity index (χ1) is 4.97. The number of hydrogen-bond acceptors (Lipinski definition) is 3. The lowest BCUT2D eigenvalue weighted by molar-refractivity contribution is 0.173. The van der Waals surface area contributed by atoms with Crippen molar-refractivity contribution in [1.82, 2.24) is 4.90 Å². The molecule has 3 nitrogen and oxygen atoms in total. The molecule has 0 bridgehead atoms. The monoisotopic (exact) mass is 140 g/mol. The molecule has 2 aliphatic rings. The molecule has 0 aromatic heterocycles. The Morgan fingerprint density at radius 3 is 2.70 bits per heavy atom. The maximum absolute atomic E-state index is 4.92. The van der Waals surface area contributed by atoms with E-state index in [1.165, 1.54) is 25.9 Å². The highest BCUT2D eigenvalue weighted by Crippen LogP contribution is 2.12. The number of hydrogen-bond donors (Lipinski definition) is 0. The minimum absolute atomic E-state index is 0.784. The van der Waals surface area contributed by atoms with Crippen LogP contribution in [0.2, 0.25) is 0 Å². The number of amidine groups is 1. The fourth-order valence-corrected chi connectivity index (χ4v) is 1.49. The van der Waals surface area contributed by atoms with E-state index in [-0.39, 0.29) is 0 Å². The van der Waals surface area contributed by atoms with E-state index >= 15 is 0 Å². The Morgan fingerprint density at radius 2 is 2.10 bits per heavy atom. The van der Waals surface area contributed by atoms with E-state index in [1.54, 1.807) is 0 Å². The lowest BCUT2D eigenvalue weighted by Gasteiger charge is -2.13. The first-order valence-electron chi connectivity index (χ1n) is 3.90. The highest BCUT2D eigenvalue weighted by atomic mass is 16.6. The standard InChI is InChI=1S/C7H12N2O/c1-2-5-9(4-1)7-3-6-10-8-7/h1-6H2. The van der Waals surface area contributed by atoms with Gasteiger partial charge < -0.3 is 9.74 Å². The largest absolute Gasteiger partial charge is 0.394 e. The molecule has 3 heteroatoms. The molecule has 0 atom stereocenters. The average molecular weight is 140 g/mol. The van der Waals surface area contributed by atoms with Crippen LogP contribution < -0.4 is 0 Å². The van der Waals surface area contributed by atoms with Crippen molar-refractivity contribution in [3.63, 3.8) is 0 Å². The Hall–Kier alpha value is -0.730. The molecule has 0 saturated carbocycles. The maximum Gasteiger partial charge on any atom is 0.148 e. The third-order valence-electron chi connectivity index (χ3n) is 2.06. The topological polar surface area (TPSA) is 24.8 Å². The second kappa shape index (κ2) is 2.48. The predicted molar refractivity (Wildman–Crippen MR) is 38.8 cm³/mol. The van der Waals surface area contributed by atoms with Gasteiger partial charge in [-0.1, -0.05) is 5.16 Å². The molecule has 1 saturated heterocycles. The highest BCUT2D eigenvalue weighted by Gasteiger charge is 2.19. The van der Waals surface area contributed by atoms with Crippen LogP contribution in [0.1, 0.15) is 19.3 Å². The van der Waals surface area contributed by atoms with Gasteiger partial charge in [0.1, 0.15) is 12.4 Å². The third kappa shape index (κ3) is 0.958. The van der Waals surface area contributed by atoms with E-state index < -0.39 is 0 Å². The van der Waals surface area contributed by atoms with Gasteiger partial charge in [0.15, 0.2) is 0 Å². The van der Waals surface area contributed by atoms with Crippen molar-refractivity contribution in [1.29, 1.82) is 0 Å².